The average Bonchev–Trinajstić information content (AvgIpc) is 3.46. The molecule has 2 atom stereocenters. The summed E-state index contributed by atoms with van der Waals surface area (Å²) in [5, 5.41) is 0. The standard InChI is InChI=1S/C21H30N2O/c24-21(23-14-6-10-18-9-4-5-11-20(18)23)16-22(19-12-13-19)15-17-7-2-1-3-8-17/h1-3,7-8,18-20H,4-6,9-16H2. The van der Waals surface area contributed by atoms with E-state index < -0.39 is 0 Å². The molecule has 1 aromatic rings. The third-order valence-electron chi connectivity index (χ3n) is 6.19. The first-order chi connectivity index (χ1) is 11.8. The first-order valence-corrected chi connectivity index (χ1v) is 9.89. The molecule has 2 aliphatic carbocycles. The fraction of sp³-hybridized carbons (Fsp3) is 0.667. The SMILES string of the molecule is O=C(CN(Cc1ccccc1)C1CC1)N1CCCC2CCCCC21. The molecule has 3 heteroatoms. The number of hydrogen-bond acceptors (Lipinski definition) is 2. The summed E-state index contributed by atoms with van der Waals surface area (Å²) in [6, 6.07) is 11.8. The zero-order chi connectivity index (χ0) is 16.4. The van der Waals surface area contributed by atoms with Gasteiger partial charge in [-0.05, 0) is 50.0 Å². The summed E-state index contributed by atoms with van der Waals surface area (Å²) in [5.74, 6) is 1.16. The van der Waals surface area contributed by atoms with E-state index in [1.165, 1.54) is 56.9 Å². The van der Waals surface area contributed by atoms with Crippen LogP contribution in [0, 0.1) is 5.92 Å². The van der Waals surface area contributed by atoms with Gasteiger partial charge in [0.2, 0.25) is 5.91 Å². The molecular formula is C21H30N2O. The van der Waals surface area contributed by atoms with E-state index in [0.29, 0.717) is 24.5 Å². The van der Waals surface area contributed by atoms with Gasteiger partial charge in [0.1, 0.15) is 0 Å². The number of amides is 1. The number of hydrogen-bond donors (Lipinski definition) is 0. The van der Waals surface area contributed by atoms with Crippen molar-refractivity contribution in [1.29, 1.82) is 0 Å². The Morgan fingerprint density at radius 1 is 1.00 bits per heavy atom. The second kappa shape index (κ2) is 7.26. The molecule has 1 amide bonds. The molecule has 2 unspecified atom stereocenters. The van der Waals surface area contributed by atoms with Gasteiger partial charge in [-0.1, -0.05) is 43.2 Å². The molecule has 3 fully saturated rings. The highest BCUT2D eigenvalue weighted by atomic mass is 16.2. The Kier molecular flexibility index (Phi) is 4.88. The summed E-state index contributed by atoms with van der Waals surface area (Å²) < 4.78 is 0. The largest absolute Gasteiger partial charge is 0.338 e. The zero-order valence-electron chi connectivity index (χ0n) is 14.7. The van der Waals surface area contributed by atoms with Gasteiger partial charge >= 0.3 is 0 Å². The minimum atomic E-state index is 0.384. The van der Waals surface area contributed by atoms with Gasteiger partial charge in [-0.25, -0.2) is 0 Å². The number of rotatable bonds is 5. The third kappa shape index (κ3) is 3.66. The van der Waals surface area contributed by atoms with Crippen LogP contribution in [-0.2, 0) is 11.3 Å². The second-order valence-electron chi connectivity index (χ2n) is 7.96. The predicted octanol–water partition coefficient (Wildman–Crippen LogP) is 3.83. The summed E-state index contributed by atoms with van der Waals surface area (Å²) in [6.45, 7) is 2.52. The van der Waals surface area contributed by atoms with Gasteiger partial charge in [0, 0.05) is 25.2 Å². The number of nitrogens with zero attached hydrogens (tertiary/aromatic N) is 2. The molecule has 1 saturated heterocycles. The Labute approximate surface area is 146 Å². The van der Waals surface area contributed by atoms with Gasteiger partial charge in [0.15, 0.2) is 0 Å². The Balaban J connectivity index is 1.41. The fourth-order valence-corrected chi connectivity index (χ4v) is 4.77. The summed E-state index contributed by atoms with van der Waals surface area (Å²) in [5.41, 5.74) is 1.33. The minimum absolute atomic E-state index is 0.384. The van der Waals surface area contributed by atoms with Crippen LogP contribution in [-0.4, -0.2) is 40.9 Å². The number of benzene rings is 1. The van der Waals surface area contributed by atoms with Crippen LogP contribution in [0.2, 0.25) is 0 Å². The molecule has 0 aromatic heterocycles. The monoisotopic (exact) mass is 326 g/mol. The molecule has 1 aromatic carbocycles. The lowest BCUT2D eigenvalue weighted by Gasteiger charge is -2.44. The normalized spacial score (nSPS) is 27.1. The molecule has 0 bridgehead atoms. The molecule has 3 aliphatic rings. The van der Waals surface area contributed by atoms with Gasteiger partial charge in [0.25, 0.3) is 0 Å². The maximum absolute atomic E-state index is 13.1. The van der Waals surface area contributed by atoms with E-state index in [9.17, 15) is 4.79 Å². The van der Waals surface area contributed by atoms with Crippen molar-refractivity contribution in [3.63, 3.8) is 0 Å². The van der Waals surface area contributed by atoms with Crippen LogP contribution < -0.4 is 0 Å². The molecule has 1 aliphatic heterocycles. The molecule has 130 valence electrons. The van der Waals surface area contributed by atoms with E-state index in [-0.39, 0.29) is 0 Å². The Morgan fingerprint density at radius 2 is 1.75 bits per heavy atom. The van der Waals surface area contributed by atoms with Crippen molar-refractivity contribution in [2.75, 3.05) is 13.1 Å². The van der Waals surface area contributed by atoms with Gasteiger partial charge < -0.3 is 4.90 Å². The molecule has 24 heavy (non-hydrogen) atoms. The first-order valence-electron chi connectivity index (χ1n) is 9.89. The van der Waals surface area contributed by atoms with Crippen LogP contribution in [0.5, 0.6) is 0 Å². The number of carbonyl (C=O) groups excluding carboxylic acids is 1. The van der Waals surface area contributed by atoms with E-state index in [0.717, 1.165) is 19.0 Å². The van der Waals surface area contributed by atoms with Crippen LogP contribution in [0.4, 0.5) is 0 Å². The van der Waals surface area contributed by atoms with Crippen LogP contribution in [0.25, 0.3) is 0 Å². The van der Waals surface area contributed by atoms with Crippen LogP contribution in [0.1, 0.15) is 56.9 Å². The number of piperidine rings is 1. The summed E-state index contributed by atoms with van der Waals surface area (Å²) in [7, 11) is 0. The number of carbonyl (C=O) groups is 1. The molecule has 0 radical (unpaired) electrons. The van der Waals surface area contributed by atoms with Crippen LogP contribution in [0.3, 0.4) is 0 Å². The smallest absolute Gasteiger partial charge is 0.237 e. The molecular weight excluding hydrogens is 296 g/mol. The van der Waals surface area contributed by atoms with Crippen LogP contribution >= 0.6 is 0 Å². The van der Waals surface area contributed by atoms with Gasteiger partial charge in [-0.15, -0.1) is 0 Å². The summed E-state index contributed by atoms with van der Waals surface area (Å²) in [4.78, 5) is 17.7. The number of fused-ring (bicyclic) bond motifs is 1. The lowest BCUT2D eigenvalue weighted by molar-refractivity contribution is -0.139. The second-order valence-corrected chi connectivity index (χ2v) is 7.96. The molecule has 4 rings (SSSR count). The fourth-order valence-electron chi connectivity index (χ4n) is 4.77. The van der Waals surface area contributed by atoms with Gasteiger partial charge in [-0.2, -0.15) is 0 Å². The molecule has 1 heterocycles. The summed E-state index contributed by atoms with van der Waals surface area (Å²) >= 11 is 0. The van der Waals surface area contributed by atoms with Gasteiger partial charge in [0.05, 0.1) is 6.54 Å². The van der Waals surface area contributed by atoms with Crippen molar-refractivity contribution in [1.82, 2.24) is 9.80 Å². The van der Waals surface area contributed by atoms with E-state index in [1.807, 2.05) is 0 Å². The highest BCUT2D eigenvalue weighted by molar-refractivity contribution is 5.79. The van der Waals surface area contributed by atoms with Crippen molar-refractivity contribution in [3.8, 4) is 0 Å². The number of likely N-dealkylation sites (tertiary alicyclic amines) is 1. The molecule has 3 nitrogen and oxygen atoms in total. The molecule has 0 N–H and O–H groups in total. The Hall–Kier alpha value is -1.35. The Morgan fingerprint density at radius 3 is 2.54 bits per heavy atom. The molecule has 0 spiro atoms. The minimum Gasteiger partial charge on any atom is -0.338 e. The lowest BCUT2D eigenvalue weighted by Crippen LogP contribution is -2.52. The first kappa shape index (κ1) is 16.1. The van der Waals surface area contributed by atoms with Crippen molar-refractivity contribution in [3.05, 3.63) is 35.9 Å². The van der Waals surface area contributed by atoms with Crippen molar-refractivity contribution in [2.45, 2.75) is 70.0 Å². The highest BCUT2D eigenvalue weighted by Gasteiger charge is 2.37. The molecule has 2 saturated carbocycles. The zero-order valence-corrected chi connectivity index (χ0v) is 14.7. The summed E-state index contributed by atoms with van der Waals surface area (Å²) in [6.07, 6.45) is 10.3. The maximum Gasteiger partial charge on any atom is 0.237 e. The average molecular weight is 326 g/mol. The van der Waals surface area contributed by atoms with Crippen LogP contribution in [0.15, 0.2) is 30.3 Å². The third-order valence-corrected chi connectivity index (χ3v) is 6.19. The van der Waals surface area contributed by atoms with Crippen molar-refractivity contribution >= 4 is 5.91 Å². The quantitative estimate of drug-likeness (QED) is 0.821. The van der Waals surface area contributed by atoms with Gasteiger partial charge in [-0.3, -0.25) is 9.69 Å². The maximum atomic E-state index is 13.1. The predicted molar refractivity (Wildman–Crippen MR) is 96.6 cm³/mol. The van der Waals surface area contributed by atoms with E-state index in [2.05, 4.69) is 40.1 Å². The lowest BCUT2D eigenvalue weighted by atomic mass is 9.78. The van der Waals surface area contributed by atoms with Crippen molar-refractivity contribution < 1.29 is 4.79 Å². The van der Waals surface area contributed by atoms with E-state index in [1.54, 1.807) is 0 Å². The highest BCUT2D eigenvalue weighted by Crippen LogP contribution is 2.36. The topological polar surface area (TPSA) is 23.6 Å². The van der Waals surface area contributed by atoms with Crippen molar-refractivity contribution in [2.24, 2.45) is 5.92 Å². The van der Waals surface area contributed by atoms with E-state index >= 15 is 0 Å². The Bertz CT molecular complexity index is 552. The van der Waals surface area contributed by atoms with E-state index in [4.69, 9.17) is 0 Å².